The molecular weight excluding hydrogens is 268 g/mol. The van der Waals surface area contributed by atoms with Crippen molar-refractivity contribution in [2.45, 2.75) is 15.3 Å². The second-order valence-electron chi connectivity index (χ2n) is 4.01. The highest BCUT2D eigenvalue weighted by Gasteiger charge is 2.35. The number of hydrogen-bond acceptors (Lipinski definition) is 5. The van der Waals surface area contributed by atoms with Gasteiger partial charge in [-0.3, -0.25) is 9.11 Å². The van der Waals surface area contributed by atoms with Crippen molar-refractivity contribution < 1.29 is 9.11 Å². The third-order valence-corrected chi connectivity index (χ3v) is 6.00. The summed E-state index contributed by atoms with van der Waals surface area (Å²) in [5.41, 5.74) is 0.981. The topological polar surface area (TPSA) is 66.2 Å². The highest BCUT2D eigenvalue weighted by atomic mass is 32.3. The van der Waals surface area contributed by atoms with Crippen molar-refractivity contribution in [3.05, 3.63) is 48.3 Å². The Bertz CT molecular complexity index is 563. The average Bonchev–Trinajstić information content (AvgIpc) is 2.63. The average molecular weight is 280 g/mol. The van der Waals surface area contributed by atoms with Crippen LogP contribution >= 0.6 is 22.4 Å². The van der Waals surface area contributed by atoms with Gasteiger partial charge in [-0.15, -0.1) is 0 Å². The molecule has 1 unspecified atom stereocenters. The van der Waals surface area contributed by atoms with Gasteiger partial charge in [-0.2, -0.15) is 10.6 Å². The lowest BCUT2D eigenvalue weighted by Crippen LogP contribution is -1.99. The van der Waals surface area contributed by atoms with Gasteiger partial charge >= 0.3 is 0 Å². The van der Waals surface area contributed by atoms with Crippen LogP contribution in [0.25, 0.3) is 0 Å². The maximum Gasteiger partial charge on any atom is 0.188 e. The van der Waals surface area contributed by atoms with Crippen LogP contribution in [0.2, 0.25) is 0 Å². The van der Waals surface area contributed by atoms with Gasteiger partial charge in [0, 0.05) is 12.4 Å². The summed E-state index contributed by atoms with van der Waals surface area (Å²) in [4.78, 5) is 8.99. The Balaban J connectivity index is 1.92. The van der Waals surface area contributed by atoms with Crippen LogP contribution in [0, 0.1) is 0 Å². The lowest BCUT2D eigenvalue weighted by Gasteiger charge is -2.27. The molecule has 1 atom stereocenters. The Kier molecular flexibility index (Phi) is 3.03. The van der Waals surface area contributed by atoms with Gasteiger partial charge in [0.25, 0.3) is 0 Å². The molecule has 0 spiro atoms. The molecule has 0 fully saturated rings. The Hall–Kier alpha value is -1.08. The fourth-order valence-corrected chi connectivity index (χ4v) is 5.42. The van der Waals surface area contributed by atoms with E-state index in [2.05, 4.69) is 9.97 Å². The molecule has 3 rings (SSSR count). The summed E-state index contributed by atoms with van der Waals surface area (Å²) in [7, 11) is -2.65. The number of thioether (sulfide) groups is 1. The molecule has 0 bridgehead atoms. The maximum absolute atomic E-state index is 10.1. The molecule has 6 heteroatoms. The van der Waals surface area contributed by atoms with E-state index in [1.54, 1.807) is 24.5 Å². The van der Waals surface area contributed by atoms with E-state index in [9.17, 15) is 9.11 Å². The number of aromatic nitrogens is 2. The van der Waals surface area contributed by atoms with Crippen molar-refractivity contribution in [2.24, 2.45) is 0 Å². The highest BCUT2D eigenvalue weighted by Crippen LogP contribution is 2.62. The van der Waals surface area contributed by atoms with Crippen molar-refractivity contribution in [1.29, 1.82) is 0 Å². The Morgan fingerprint density at radius 2 is 1.83 bits per heavy atom. The molecule has 1 aromatic heterocycles. The van der Waals surface area contributed by atoms with Gasteiger partial charge in [-0.1, -0.05) is 30.0 Å². The summed E-state index contributed by atoms with van der Waals surface area (Å²) in [6.45, 7) is 0. The summed E-state index contributed by atoms with van der Waals surface area (Å²) in [5.74, 6) is 0.343. The van der Waals surface area contributed by atoms with Crippen LogP contribution in [-0.4, -0.2) is 24.8 Å². The van der Waals surface area contributed by atoms with E-state index in [1.165, 1.54) is 11.8 Å². The smallest absolute Gasteiger partial charge is 0.188 e. The molecule has 2 heterocycles. The van der Waals surface area contributed by atoms with Gasteiger partial charge < -0.3 is 0 Å². The Labute approximate surface area is 111 Å². The SMILES string of the molecule is OS1(O)CC(Sc2ncccn2)c2ccccc21. The van der Waals surface area contributed by atoms with Gasteiger partial charge in [-0.25, -0.2) is 9.97 Å². The first-order chi connectivity index (χ1) is 8.67. The minimum atomic E-state index is -2.65. The zero-order valence-corrected chi connectivity index (χ0v) is 11.1. The van der Waals surface area contributed by atoms with Crippen LogP contribution in [0.3, 0.4) is 0 Å². The second-order valence-corrected chi connectivity index (χ2v) is 7.29. The van der Waals surface area contributed by atoms with Crippen LogP contribution in [0.15, 0.2) is 52.8 Å². The Morgan fingerprint density at radius 3 is 2.61 bits per heavy atom. The quantitative estimate of drug-likeness (QED) is 0.825. The van der Waals surface area contributed by atoms with E-state index in [0.717, 1.165) is 5.56 Å². The summed E-state index contributed by atoms with van der Waals surface area (Å²) < 4.78 is 20.2. The second kappa shape index (κ2) is 4.55. The third-order valence-electron chi connectivity index (χ3n) is 2.79. The van der Waals surface area contributed by atoms with E-state index in [0.29, 0.717) is 15.8 Å². The first-order valence-electron chi connectivity index (χ1n) is 5.45. The zero-order valence-electron chi connectivity index (χ0n) is 9.43. The first-order valence-corrected chi connectivity index (χ1v) is 8.05. The number of benzene rings is 1. The van der Waals surface area contributed by atoms with Crippen LogP contribution < -0.4 is 0 Å². The predicted octanol–water partition coefficient (Wildman–Crippen LogP) is 3.43. The molecule has 0 saturated heterocycles. The minimum Gasteiger partial charge on any atom is -0.295 e. The van der Waals surface area contributed by atoms with E-state index in [1.807, 2.05) is 18.2 Å². The van der Waals surface area contributed by atoms with E-state index < -0.39 is 10.6 Å². The van der Waals surface area contributed by atoms with E-state index >= 15 is 0 Å². The fraction of sp³-hybridized carbons (Fsp3) is 0.167. The van der Waals surface area contributed by atoms with Crippen molar-refractivity contribution in [3.63, 3.8) is 0 Å². The number of rotatable bonds is 2. The van der Waals surface area contributed by atoms with Crippen LogP contribution in [0.1, 0.15) is 10.8 Å². The van der Waals surface area contributed by atoms with Crippen molar-refractivity contribution in [2.75, 3.05) is 5.75 Å². The van der Waals surface area contributed by atoms with Crippen molar-refractivity contribution in [3.8, 4) is 0 Å². The van der Waals surface area contributed by atoms with Crippen molar-refractivity contribution in [1.82, 2.24) is 9.97 Å². The summed E-state index contributed by atoms with van der Waals surface area (Å²) >= 11 is 1.47. The monoisotopic (exact) mass is 280 g/mol. The van der Waals surface area contributed by atoms with Crippen molar-refractivity contribution >= 4 is 22.4 Å². The largest absolute Gasteiger partial charge is 0.295 e. The molecule has 0 amide bonds. The highest BCUT2D eigenvalue weighted by molar-refractivity contribution is 8.25. The molecule has 1 aliphatic heterocycles. The lowest BCUT2D eigenvalue weighted by molar-refractivity contribution is 0.492. The molecule has 4 nitrogen and oxygen atoms in total. The van der Waals surface area contributed by atoms with Gasteiger partial charge in [0.1, 0.15) is 0 Å². The molecule has 2 N–H and O–H groups in total. The molecule has 0 radical (unpaired) electrons. The Morgan fingerprint density at radius 1 is 1.11 bits per heavy atom. The third kappa shape index (κ3) is 2.12. The normalized spacial score (nSPS) is 22.4. The summed E-state index contributed by atoms with van der Waals surface area (Å²) in [6.07, 6.45) is 3.38. The lowest BCUT2D eigenvalue weighted by atomic mass is 10.2. The molecule has 94 valence electrons. The summed E-state index contributed by atoms with van der Waals surface area (Å²) in [6, 6.07) is 9.24. The zero-order chi connectivity index (χ0) is 12.6. The maximum atomic E-state index is 10.1. The molecule has 1 aromatic carbocycles. The molecule has 18 heavy (non-hydrogen) atoms. The van der Waals surface area contributed by atoms with E-state index in [4.69, 9.17) is 0 Å². The van der Waals surface area contributed by atoms with Crippen LogP contribution in [0.5, 0.6) is 0 Å². The van der Waals surface area contributed by atoms with Crippen LogP contribution in [-0.2, 0) is 0 Å². The first kappa shape index (κ1) is 12.0. The van der Waals surface area contributed by atoms with Crippen LogP contribution in [0.4, 0.5) is 0 Å². The minimum absolute atomic E-state index is 0.00796. The van der Waals surface area contributed by atoms with E-state index in [-0.39, 0.29) is 5.25 Å². The molecular formula is C12H12N2O2S2. The molecule has 2 aromatic rings. The van der Waals surface area contributed by atoms with Gasteiger partial charge in [-0.05, 0) is 17.7 Å². The molecule has 0 saturated carbocycles. The molecule has 0 aliphatic carbocycles. The molecule has 1 aliphatic rings. The van der Waals surface area contributed by atoms with Gasteiger partial charge in [0.2, 0.25) is 0 Å². The van der Waals surface area contributed by atoms with Gasteiger partial charge in [0.05, 0.1) is 15.9 Å². The number of fused-ring (bicyclic) bond motifs is 1. The fourth-order valence-electron chi connectivity index (χ4n) is 2.01. The number of nitrogens with zero attached hydrogens (tertiary/aromatic N) is 2. The predicted molar refractivity (Wildman–Crippen MR) is 73.1 cm³/mol. The standard InChI is InChI=1S/C12H12N2O2S2/c15-18(16)8-10(9-4-1-2-5-11(9)18)17-12-13-6-3-7-14-12/h1-7,10,15-16H,8H2. The van der Waals surface area contributed by atoms with Gasteiger partial charge in [0.15, 0.2) is 5.16 Å². The number of hydrogen-bond donors (Lipinski definition) is 2. The summed E-state index contributed by atoms with van der Waals surface area (Å²) in [5, 5.41) is 0.669.